The molecule has 0 amide bonds. The zero-order valence-corrected chi connectivity index (χ0v) is 8.83. The van der Waals surface area contributed by atoms with Gasteiger partial charge in [0, 0.05) is 26.6 Å². The summed E-state index contributed by atoms with van der Waals surface area (Å²) in [6, 6.07) is 0. The molecule has 1 fully saturated rings. The lowest BCUT2D eigenvalue weighted by Crippen LogP contribution is -2.51. The van der Waals surface area contributed by atoms with Crippen LogP contribution >= 0.6 is 0 Å². The van der Waals surface area contributed by atoms with Crippen molar-refractivity contribution >= 4 is 0 Å². The van der Waals surface area contributed by atoms with Gasteiger partial charge >= 0.3 is 0 Å². The van der Waals surface area contributed by atoms with E-state index in [1.54, 1.807) is 7.11 Å². The molecule has 0 bridgehead atoms. The largest absolute Gasteiger partial charge is 0.393 e. The van der Waals surface area contributed by atoms with E-state index in [-0.39, 0.29) is 12.2 Å². The van der Waals surface area contributed by atoms with Gasteiger partial charge in [0.05, 0.1) is 6.61 Å². The molecule has 1 unspecified atom stereocenters. The van der Waals surface area contributed by atoms with Crippen LogP contribution in [0.5, 0.6) is 0 Å². The van der Waals surface area contributed by atoms with Gasteiger partial charge in [-0.25, -0.2) is 0 Å². The molecule has 14 heavy (non-hydrogen) atoms. The van der Waals surface area contributed by atoms with Crippen molar-refractivity contribution in [3.8, 4) is 12.3 Å². The Morgan fingerprint density at radius 3 is 3.00 bits per heavy atom. The molecule has 0 aliphatic carbocycles. The van der Waals surface area contributed by atoms with Crippen molar-refractivity contribution < 1.29 is 9.84 Å². The topological polar surface area (TPSA) is 32.7 Å². The van der Waals surface area contributed by atoms with Gasteiger partial charge in [0.15, 0.2) is 0 Å². The van der Waals surface area contributed by atoms with E-state index >= 15 is 0 Å². The number of hydrogen-bond donors (Lipinski definition) is 1. The first-order valence-corrected chi connectivity index (χ1v) is 5.08. The minimum absolute atomic E-state index is 0.0933. The third-order valence-corrected chi connectivity index (χ3v) is 2.91. The van der Waals surface area contributed by atoms with Gasteiger partial charge in [-0.05, 0) is 19.4 Å². The number of methoxy groups -OCH3 is 1. The number of aliphatic hydroxyl groups is 1. The van der Waals surface area contributed by atoms with Crippen molar-refractivity contribution in [2.24, 2.45) is 0 Å². The molecule has 1 aliphatic rings. The summed E-state index contributed by atoms with van der Waals surface area (Å²) in [7, 11) is 1.67. The maximum Gasteiger partial charge on any atom is 0.103 e. The Kier molecular flexibility index (Phi) is 4.40. The summed E-state index contributed by atoms with van der Waals surface area (Å²) < 4.78 is 5.39. The molecular formula is C11H19NO2. The Morgan fingerprint density at radius 1 is 1.64 bits per heavy atom. The number of aliphatic hydroxyl groups excluding tert-OH is 1. The van der Waals surface area contributed by atoms with Crippen LogP contribution in [0.25, 0.3) is 0 Å². The Labute approximate surface area is 86.0 Å². The highest BCUT2D eigenvalue weighted by Crippen LogP contribution is 2.23. The average Bonchev–Trinajstić information content (AvgIpc) is 2.26. The van der Waals surface area contributed by atoms with E-state index in [2.05, 4.69) is 10.8 Å². The molecule has 0 saturated carbocycles. The van der Waals surface area contributed by atoms with Crippen LogP contribution in [-0.2, 0) is 4.74 Å². The normalized spacial score (nSPS) is 28.6. The zero-order valence-electron chi connectivity index (χ0n) is 8.83. The monoisotopic (exact) mass is 197 g/mol. The molecule has 0 aromatic heterocycles. The van der Waals surface area contributed by atoms with E-state index in [1.807, 2.05) is 0 Å². The van der Waals surface area contributed by atoms with Gasteiger partial charge < -0.3 is 9.84 Å². The van der Waals surface area contributed by atoms with E-state index in [9.17, 15) is 5.11 Å². The molecule has 1 N–H and O–H groups in total. The number of hydrogen-bond acceptors (Lipinski definition) is 3. The maximum absolute atomic E-state index is 9.29. The van der Waals surface area contributed by atoms with E-state index in [0.717, 1.165) is 38.9 Å². The van der Waals surface area contributed by atoms with Gasteiger partial charge in [-0.15, -0.1) is 12.3 Å². The van der Waals surface area contributed by atoms with Crippen LogP contribution in [-0.4, -0.2) is 49.0 Å². The molecule has 0 aromatic carbocycles. The van der Waals surface area contributed by atoms with Crippen molar-refractivity contribution in [1.82, 2.24) is 4.90 Å². The first-order chi connectivity index (χ1) is 6.76. The second-order valence-electron chi connectivity index (χ2n) is 3.88. The fourth-order valence-electron chi connectivity index (χ4n) is 1.96. The summed E-state index contributed by atoms with van der Waals surface area (Å²) in [6.45, 7) is 2.85. The fourth-order valence-corrected chi connectivity index (χ4v) is 1.96. The van der Waals surface area contributed by atoms with Crippen molar-refractivity contribution in [2.45, 2.75) is 24.9 Å². The lowest BCUT2D eigenvalue weighted by molar-refractivity contribution is -0.0946. The minimum Gasteiger partial charge on any atom is -0.393 e. The number of rotatable bonds is 4. The van der Waals surface area contributed by atoms with Crippen molar-refractivity contribution in [2.75, 3.05) is 33.4 Å². The quantitative estimate of drug-likeness (QED) is 0.665. The lowest BCUT2D eigenvalue weighted by Gasteiger charge is -2.40. The molecule has 1 aliphatic heterocycles. The molecule has 0 spiro atoms. The highest BCUT2D eigenvalue weighted by molar-refractivity contribution is 4.91. The predicted octanol–water partition coefficient (Wildman–Crippen LogP) is 0.483. The van der Waals surface area contributed by atoms with Crippen LogP contribution in [0.1, 0.15) is 19.3 Å². The molecule has 3 heteroatoms. The van der Waals surface area contributed by atoms with Gasteiger partial charge in [-0.3, -0.25) is 4.90 Å². The van der Waals surface area contributed by atoms with E-state index in [0.29, 0.717) is 0 Å². The molecular weight excluding hydrogens is 178 g/mol. The van der Waals surface area contributed by atoms with Gasteiger partial charge in [0.2, 0.25) is 0 Å². The Balaban J connectivity index is 2.46. The summed E-state index contributed by atoms with van der Waals surface area (Å²) in [6.07, 6.45) is 8.00. The first-order valence-electron chi connectivity index (χ1n) is 5.08. The molecule has 80 valence electrons. The summed E-state index contributed by atoms with van der Waals surface area (Å²) >= 11 is 0. The highest BCUT2D eigenvalue weighted by atomic mass is 16.5. The van der Waals surface area contributed by atoms with E-state index in [4.69, 9.17) is 11.2 Å². The summed E-state index contributed by atoms with van der Waals surface area (Å²) in [4.78, 5) is 2.27. The van der Waals surface area contributed by atoms with Crippen molar-refractivity contribution in [1.29, 1.82) is 0 Å². The number of likely N-dealkylation sites (tertiary alicyclic amines) is 1. The number of terminal acetylenes is 1. The summed E-state index contributed by atoms with van der Waals surface area (Å²) in [5.74, 6) is 2.63. The molecule has 0 aromatic rings. The van der Waals surface area contributed by atoms with E-state index < -0.39 is 0 Å². The Bertz CT molecular complexity index is 206. The Hall–Kier alpha value is -0.560. The van der Waals surface area contributed by atoms with Gasteiger partial charge in [-0.1, -0.05) is 0 Å². The standard InChI is InChI=1S/C11H19NO2/c1-3-4-7-12-8-5-6-11(9-12,10-13)14-2/h1,13H,4-10H2,2H3. The van der Waals surface area contributed by atoms with Crippen molar-refractivity contribution in [3.63, 3.8) is 0 Å². The third-order valence-electron chi connectivity index (χ3n) is 2.91. The molecule has 1 heterocycles. The fraction of sp³-hybridized carbons (Fsp3) is 0.818. The average molecular weight is 197 g/mol. The van der Waals surface area contributed by atoms with Gasteiger partial charge in [0.25, 0.3) is 0 Å². The molecule has 0 radical (unpaired) electrons. The number of piperidine rings is 1. The zero-order chi connectivity index (χ0) is 10.4. The highest BCUT2D eigenvalue weighted by Gasteiger charge is 2.34. The second kappa shape index (κ2) is 5.35. The van der Waals surface area contributed by atoms with Crippen LogP contribution in [0.2, 0.25) is 0 Å². The molecule has 1 atom stereocenters. The maximum atomic E-state index is 9.29. The van der Waals surface area contributed by atoms with Gasteiger partial charge in [0.1, 0.15) is 5.60 Å². The lowest BCUT2D eigenvalue weighted by atomic mass is 9.93. The summed E-state index contributed by atoms with van der Waals surface area (Å²) in [5.41, 5.74) is -0.354. The van der Waals surface area contributed by atoms with Crippen molar-refractivity contribution in [3.05, 3.63) is 0 Å². The first kappa shape index (κ1) is 11.5. The summed E-state index contributed by atoms with van der Waals surface area (Å²) in [5, 5.41) is 9.29. The van der Waals surface area contributed by atoms with Crippen LogP contribution in [0.3, 0.4) is 0 Å². The number of ether oxygens (including phenoxy) is 1. The van der Waals surface area contributed by atoms with E-state index in [1.165, 1.54) is 0 Å². The minimum atomic E-state index is -0.354. The van der Waals surface area contributed by atoms with Crippen LogP contribution in [0.15, 0.2) is 0 Å². The molecule has 3 nitrogen and oxygen atoms in total. The molecule has 1 rings (SSSR count). The van der Waals surface area contributed by atoms with Crippen LogP contribution in [0, 0.1) is 12.3 Å². The van der Waals surface area contributed by atoms with Gasteiger partial charge in [-0.2, -0.15) is 0 Å². The molecule has 1 saturated heterocycles. The smallest absolute Gasteiger partial charge is 0.103 e. The Morgan fingerprint density at radius 2 is 2.43 bits per heavy atom. The number of nitrogens with zero attached hydrogens (tertiary/aromatic N) is 1. The third kappa shape index (κ3) is 2.71. The van der Waals surface area contributed by atoms with Crippen LogP contribution < -0.4 is 0 Å². The SMILES string of the molecule is C#CCCN1CCCC(CO)(OC)C1. The second-order valence-corrected chi connectivity index (χ2v) is 3.88. The van der Waals surface area contributed by atoms with Crippen LogP contribution in [0.4, 0.5) is 0 Å². The predicted molar refractivity (Wildman–Crippen MR) is 55.9 cm³/mol.